The summed E-state index contributed by atoms with van der Waals surface area (Å²) in [6.07, 6.45) is 4.71. The number of rotatable bonds is 0. The zero-order chi connectivity index (χ0) is 16.0. The van der Waals surface area contributed by atoms with Crippen LogP contribution in [0.15, 0.2) is 0 Å². The highest BCUT2D eigenvalue weighted by atomic mass is 32.1. The molecule has 1 aliphatic rings. The first kappa shape index (κ1) is 18.5. The molecule has 1 saturated heterocycles. The largest absolute Gasteiger partial charge is 0.462 e. The van der Waals surface area contributed by atoms with Crippen LogP contribution >= 0.6 is 12.6 Å². The number of aliphatic hydroxyl groups is 1. The van der Waals surface area contributed by atoms with E-state index in [4.69, 9.17) is 4.74 Å². The van der Waals surface area contributed by atoms with E-state index in [0.29, 0.717) is 12.8 Å². The number of thiol groups is 1. The van der Waals surface area contributed by atoms with Crippen molar-refractivity contribution in [2.75, 3.05) is 6.61 Å². The van der Waals surface area contributed by atoms with Gasteiger partial charge in [-0.2, -0.15) is 12.6 Å². The first-order chi connectivity index (χ1) is 9.73. The van der Waals surface area contributed by atoms with Crippen molar-refractivity contribution in [3.63, 3.8) is 0 Å². The van der Waals surface area contributed by atoms with Crippen molar-refractivity contribution >= 4 is 24.4 Å². The van der Waals surface area contributed by atoms with Crippen LogP contribution in [0.2, 0.25) is 0 Å². The quantitative estimate of drug-likeness (QED) is 0.533. The van der Waals surface area contributed by atoms with E-state index in [0.717, 1.165) is 25.7 Å². The summed E-state index contributed by atoms with van der Waals surface area (Å²) in [4.78, 5) is 24.1. The second-order valence-corrected chi connectivity index (χ2v) is 7.29. The summed E-state index contributed by atoms with van der Waals surface area (Å²) in [5, 5.41) is 9.88. The molecule has 0 radical (unpaired) electrons. The summed E-state index contributed by atoms with van der Waals surface area (Å²) >= 11 is 4.26. The Morgan fingerprint density at radius 2 is 1.76 bits per heavy atom. The van der Waals surface area contributed by atoms with Gasteiger partial charge in [-0.1, -0.05) is 33.1 Å². The van der Waals surface area contributed by atoms with Gasteiger partial charge in [0.1, 0.15) is 12.4 Å². The van der Waals surface area contributed by atoms with Crippen molar-refractivity contribution in [1.82, 2.24) is 0 Å². The molecule has 0 aromatic carbocycles. The maximum Gasteiger partial charge on any atom is 0.318 e. The van der Waals surface area contributed by atoms with Gasteiger partial charge in [0.2, 0.25) is 0 Å². The molecule has 0 aromatic heterocycles. The highest BCUT2D eigenvalue weighted by molar-refractivity contribution is 7.81. The Morgan fingerprint density at radius 1 is 1.14 bits per heavy atom. The van der Waals surface area contributed by atoms with E-state index in [-0.39, 0.29) is 30.2 Å². The number of cyclic esters (lactones) is 1. The Morgan fingerprint density at radius 3 is 2.43 bits per heavy atom. The van der Waals surface area contributed by atoms with E-state index in [1.807, 2.05) is 13.8 Å². The van der Waals surface area contributed by atoms with E-state index >= 15 is 0 Å². The molecule has 2 unspecified atom stereocenters. The smallest absolute Gasteiger partial charge is 0.318 e. The Hall–Kier alpha value is -0.550. The van der Waals surface area contributed by atoms with Crippen LogP contribution in [0, 0.1) is 11.8 Å². The summed E-state index contributed by atoms with van der Waals surface area (Å²) in [5.41, 5.74) is -1.18. The monoisotopic (exact) mass is 316 g/mol. The van der Waals surface area contributed by atoms with Crippen LogP contribution in [0.5, 0.6) is 0 Å². The molecule has 0 aliphatic carbocycles. The second-order valence-electron chi connectivity index (χ2n) is 6.67. The van der Waals surface area contributed by atoms with E-state index in [1.54, 1.807) is 6.92 Å². The maximum atomic E-state index is 12.3. The van der Waals surface area contributed by atoms with Crippen molar-refractivity contribution in [2.24, 2.45) is 11.8 Å². The van der Waals surface area contributed by atoms with Gasteiger partial charge in [-0.25, -0.2) is 0 Å². The second kappa shape index (κ2) is 8.18. The first-order valence-electron chi connectivity index (χ1n) is 7.84. The molecule has 4 nitrogen and oxygen atoms in total. The minimum absolute atomic E-state index is 0.0214. The predicted octanol–water partition coefficient (Wildman–Crippen LogP) is 2.77. The molecule has 1 N–H and O–H groups in total. The first-order valence-corrected chi connectivity index (χ1v) is 8.35. The van der Waals surface area contributed by atoms with E-state index < -0.39 is 10.9 Å². The lowest BCUT2D eigenvalue weighted by molar-refractivity contribution is -0.151. The average molecular weight is 316 g/mol. The summed E-state index contributed by atoms with van der Waals surface area (Å²) in [6, 6.07) is 0. The molecule has 1 aliphatic heterocycles. The summed E-state index contributed by atoms with van der Waals surface area (Å²) < 4.78 is 5.15. The Labute approximate surface area is 133 Å². The van der Waals surface area contributed by atoms with Gasteiger partial charge in [-0.3, -0.25) is 9.59 Å². The van der Waals surface area contributed by atoms with Crippen molar-refractivity contribution in [3.8, 4) is 0 Å². The molecule has 1 fully saturated rings. The van der Waals surface area contributed by atoms with Crippen molar-refractivity contribution in [1.29, 1.82) is 0 Å². The maximum absolute atomic E-state index is 12.3. The van der Waals surface area contributed by atoms with Gasteiger partial charge in [0.05, 0.1) is 10.9 Å². The molecule has 0 spiro atoms. The normalized spacial score (nSPS) is 37.7. The lowest BCUT2D eigenvalue weighted by Gasteiger charge is -2.27. The van der Waals surface area contributed by atoms with Gasteiger partial charge in [0.25, 0.3) is 0 Å². The third-order valence-electron chi connectivity index (χ3n) is 4.13. The number of hydrogen-bond donors (Lipinski definition) is 2. The standard InChI is InChI=1S/C16H28O4S/c1-11-7-5-4-6-8-13(21)15(18)20-10-16(3,19)9-12(2)14(11)17/h11-13,19,21H,4-10H2,1-3H3/t11-,12?,13?,16+/m1/s1. The minimum Gasteiger partial charge on any atom is -0.462 e. The Bertz CT molecular complexity index is 367. The van der Waals surface area contributed by atoms with Crippen LogP contribution in [0.25, 0.3) is 0 Å². The van der Waals surface area contributed by atoms with Crippen LogP contribution in [-0.2, 0) is 14.3 Å². The van der Waals surface area contributed by atoms with E-state index in [2.05, 4.69) is 12.6 Å². The minimum atomic E-state index is -1.18. The van der Waals surface area contributed by atoms with Gasteiger partial charge < -0.3 is 9.84 Å². The number of ketones is 1. The number of esters is 1. The highest BCUT2D eigenvalue weighted by Crippen LogP contribution is 2.24. The zero-order valence-electron chi connectivity index (χ0n) is 13.3. The van der Waals surface area contributed by atoms with Crippen molar-refractivity contribution < 1.29 is 19.4 Å². The molecule has 0 bridgehead atoms. The third kappa shape index (κ3) is 6.39. The lowest BCUT2D eigenvalue weighted by Crippen LogP contribution is -2.37. The van der Waals surface area contributed by atoms with Crippen LogP contribution in [0.4, 0.5) is 0 Å². The molecular weight excluding hydrogens is 288 g/mol. The molecule has 0 aromatic rings. The van der Waals surface area contributed by atoms with Crippen LogP contribution in [-0.4, -0.2) is 34.3 Å². The number of ether oxygens (including phenoxy) is 1. The molecule has 4 atom stereocenters. The van der Waals surface area contributed by atoms with E-state index in [1.165, 1.54) is 0 Å². The van der Waals surface area contributed by atoms with Gasteiger partial charge in [-0.05, 0) is 26.2 Å². The Balaban J connectivity index is 2.74. The van der Waals surface area contributed by atoms with Crippen LogP contribution in [0.3, 0.4) is 0 Å². The fraction of sp³-hybridized carbons (Fsp3) is 0.875. The summed E-state index contributed by atoms with van der Waals surface area (Å²) in [7, 11) is 0. The molecule has 0 amide bonds. The molecule has 0 saturated carbocycles. The number of Topliss-reactive ketones (excluding diaryl/α,β-unsaturated/α-hetero) is 1. The summed E-state index contributed by atoms with van der Waals surface area (Å²) in [5.74, 6) is -0.412. The number of carbonyl (C=O) groups is 2. The molecule has 122 valence electrons. The van der Waals surface area contributed by atoms with Gasteiger partial charge in [0, 0.05) is 11.8 Å². The topological polar surface area (TPSA) is 63.6 Å². The van der Waals surface area contributed by atoms with E-state index in [9.17, 15) is 14.7 Å². The van der Waals surface area contributed by atoms with Crippen LogP contribution in [0.1, 0.15) is 59.3 Å². The van der Waals surface area contributed by atoms with Crippen molar-refractivity contribution in [2.45, 2.75) is 70.1 Å². The SMILES string of the molecule is CC1C[C@](C)(O)COC(=O)C(S)CCCCC[C@@H](C)C1=O. The van der Waals surface area contributed by atoms with Gasteiger partial charge in [0.15, 0.2) is 0 Å². The highest BCUT2D eigenvalue weighted by Gasteiger charge is 2.31. The van der Waals surface area contributed by atoms with Crippen LogP contribution < -0.4 is 0 Å². The molecule has 1 rings (SSSR count). The van der Waals surface area contributed by atoms with Gasteiger partial charge >= 0.3 is 5.97 Å². The molecule has 5 heteroatoms. The van der Waals surface area contributed by atoms with Gasteiger partial charge in [-0.15, -0.1) is 0 Å². The fourth-order valence-corrected chi connectivity index (χ4v) is 3.11. The summed E-state index contributed by atoms with van der Waals surface area (Å²) in [6.45, 7) is 5.31. The van der Waals surface area contributed by atoms with Crippen molar-refractivity contribution in [3.05, 3.63) is 0 Å². The number of hydrogen-bond acceptors (Lipinski definition) is 5. The fourth-order valence-electron chi connectivity index (χ4n) is 2.85. The molecular formula is C16H28O4S. The average Bonchev–Trinajstić information content (AvgIpc) is 2.41. The molecule has 21 heavy (non-hydrogen) atoms. The lowest BCUT2D eigenvalue weighted by atomic mass is 9.84. The number of carbonyl (C=O) groups excluding carboxylic acids is 2. The Kier molecular flexibility index (Phi) is 7.21. The third-order valence-corrected chi connectivity index (χ3v) is 4.60. The molecule has 1 heterocycles. The predicted molar refractivity (Wildman–Crippen MR) is 85.4 cm³/mol. The zero-order valence-corrected chi connectivity index (χ0v) is 14.2.